The fourth-order valence-electron chi connectivity index (χ4n) is 2.01. The van der Waals surface area contributed by atoms with Crippen LogP contribution in [0.25, 0.3) is 0 Å². The average molecular weight is 292 g/mol. The molecule has 0 fully saturated rings. The summed E-state index contributed by atoms with van der Waals surface area (Å²) in [5, 5.41) is 2.55. The number of amides is 2. The third-order valence-electron chi connectivity index (χ3n) is 2.95. The van der Waals surface area contributed by atoms with Crippen LogP contribution in [0.1, 0.15) is 20.8 Å². The van der Waals surface area contributed by atoms with Gasteiger partial charge in [0.1, 0.15) is 24.0 Å². The minimum Gasteiger partial charge on any atom is -0.489 e. The highest BCUT2D eigenvalue weighted by Gasteiger charge is 2.31. The predicted octanol–water partition coefficient (Wildman–Crippen LogP) is 1.94. The number of nitrogens with one attached hydrogen (secondary N) is 1. The molecule has 0 radical (unpaired) electrons. The maximum Gasteiger partial charge on any atom is 0.408 e. The third kappa shape index (κ3) is 3.65. The molecule has 1 aliphatic heterocycles. The Hall–Kier alpha value is -2.24. The van der Waals surface area contributed by atoms with Crippen LogP contribution in [0.15, 0.2) is 24.3 Å². The molecule has 1 aromatic rings. The molecule has 21 heavy (non-hydrogen) atoms. The number of likely N-dealkylation sites (N-methyl/N-ethyl adjacent to an activating group) is 1. The zero-order valence-corrected chi connectivity index (χ0v) is 12.7. The van der Waals surface area contributed by atoms with Crippen LogP contribution in [0, 0.1) is 0 Å². The van der Waals surface area contributed by atoms with Crippen molar-refractivity contribution in [3.05, 3.63) is 24.3 Å². The van der Waals surface area contributed by atoms with Crippen LogP contribution >= 0.6 is 0 Å². The van der Waals surface area contributed by atoms with Gasteiger partial charge in [0.25, 0.3) is 5.91 Å². The Morgan fingerprint density at radius 1 is 1.38 bits per heavy atom. The van der Waals surface area contributed by atoms with Gasteiger partial charge in [-0.15, -0.1) is 0 Å². The zero-order chi connectivity index (χ0) is 15.6. The number of rotatable bonds is 1. The van der Waals surface area contributed by atoms with Crippen molar-refractivity contribution in [2.45, 2.75) is 32.4 Å². The second-order valence-electron chi connectivity index (χ2n) is 5.87. The standard InChI is InChI=1S/C15H20N2O4/c1-15(2,3)21-14(19)16-10-9-20-12-8-6-5-7-11(12)17(4)13(10)18/h5-8,10H,9H2,1-4H3,(H,16,19). The molecule has 1 unspecified atom stereocenters. The van der Waals surface area contributed by atoms with Gasteiger partial charge in [-0.05, 0) is 32.9 Å². The van der Waals surface area contributed by atoms with Gasteiger partial charge in [-0.2, -0.15) is 0 Å². The van der Waals surface area contributed by atoms with E-state index < -0.39 is 17.7 Å². The molecule has 2 rings (SSSR count). The molecule has 0 aromatic heterocycles. The minimum absolute atomic E-state index is 0.0689. The van der Waals surface area contributed by atoms with Crippen molar-refractivity contribution in [3.63, 3.8) is 0 Å². The van der Waals surface area contributed by atoms with Crippen molar-refractivity contribution in [2.75, 3.05) is 18.6 Å². The van der Waals surface area contributed by atoms with E-state index in [1.165, 1.54) is 4.90 Å². The molecule has 0 saturated carbocycles. The monoisotopic (exact) mass is 292 g/mol. The molecule has 1 N–H and O–H groups in total. The maximum atomic E-state index is 12.4. The van der Waals surface area contributed by atoms with E-state index in [9.17, 15) is 9.59 Å². The van der Waals surface area contributed by atoms with Crippen LogP contribution in [-0.2, 0) is 9.53 Å². The topological polar surface area (TPSA) is 67.9 Å². The summed E-state index contributed by atoms with van der Waals surface area (Å²) in [7, 11) is 1.65. The molecule has 0 spiro atoms. The summed E-state index contributed by atoms with van der Waals surface area (Å²) in [5.41, 5.74) is 0.0594. The summed E-state index contributed by atoms with van der Waals surface area (Å²) >= 11 is 0. The fourth-order valence-corrected chi connectivity index (χ4v) is 2.01. The number of anilines is 1. The third-order valence-corrected chi connectivity index (χ3v) is 2.95. The van der Waals surface area contributed by atoms with Gasteiger partial charge < -0.3 is 19.7 Å². The van der Waals surface area contributed by atoms with Gasteiger partial charge in [-0.1, -0.05) is 12.1 Å². The lowest BCUT2D eigenvalue weighted by Gasteiger charge is -2.23. The van der Waals surface area contributed by atoms with Crippen LogP contribution in [0.5, 0.6) is 5.75 Å². The van der Waals surface area contributed by atoms with E-state index in [-0.39, 0.29) is 12.5 Å². The van der Waals surface area contributed by atoms with Gasteiger partial charge in [0.05, 0.1) is 5.69 Å². The van der Waals surface area contributed by atoms with Crippen molar-refractivity contribution in [1.82, 2.24) is 5.32 Å². The Morgan fingerprint density at radius 3 is 2.71 bits per heavy atom. The van der Waals surface area contributed by atoms with Crippen molar-refractivity contribution >= 4 is 17.7 Å². The molecule has 114 valence electrons. The lowest BCUT2D eigenvalue weighted by Crippen LogP contribution is -2.50. The normalized spacial score (nSPS) is 18.4. The first kappa shape index (κ1) is 15.2. The molecule has 6 heteroatoms. The number of carbonyl (C=O) groups is 2. The lowest BCUT2D eigenvalue weighted by molar-refractivity contribution is -0.120. The molecule has 6 nitrogen and oxygen atoms in total. The minimum atomic E-state index is -0.780. The molecular weight excluding hydrogens is 272 g/mol. The highest BCUT2D eigenvalue weighted by molar-refractivity contribution is 6.00. The van der Waals surface area contributed by atoms with Gasteiger partial charge in [0.15, 0.2) is 0 Å². The van der Waals surface area contributed by atoms with Gasteiger partial charge in [-0.3, -0.25) is 4.79 Å². The number of hydrogen-bond donors (Lipinski definition) is 1. The van der Waals surface area contributed by atoms with Crippen LogP contribution < -0.4 is 15.0 Å². The van der Waals surface area contributed by atoms with E-state index >= 15 is 0 Å². The van der Waals surface area contributed by atoms with Crippen LogP contribution in [-0.4, -0.2) is 37.3 Å². The zero-order valence-electron chi connectivity index (χ0n) is 12.7. The van der Waals surface area contributed by atoms with Gasteiger partial charge >= 0.3 is 6.09 Å². The van der Waals surface area contributed by atoms with E-state index in [0.29, 0.717) is 11.4 Å². The Balaban J connectivity index is 2.11. The molecule has 0 aliphatic carbocycles. The molecule has 0 bridgehead atoms. The summed E-state index contributed by atoms with van der Waals surface area (Å²) in [6.45, 7) is 5.36. The first-order chi connectivity index (χ1) is 9.78. The smallest absolute Gasteiger partial charge is 0.408 e. The van der Waals surface area contributed by atoms with E-state index in [4.69, 9.17) is 9.47 Å². The number of nitrogens with zero attached hydrogens (tertiary/aromatic N) is 1. The van der Waals surface area contributed by atoms with E-state index in [0.717, 1.165) is 0 Å². The summed E-state index contributed by atoms with van der Waals surface area (Å²) in [6.07, 6.45) is -0.635. The van der Waals surface area contributed by atoms with Crippen molar-refractivity contribution in [2.24, 2.45) is 0 Å². The highest BCUT2D eigenvalue weighted by atomic mass is 16.6. The molecule has 1 heterocycles. The van der Waals surface area contributed by atoms with E-state index in [2.05, 4.69) is 5.32 Å². The average Bonchev–Trinajstić information content (AvgIpc) is 2.50. The second-order valence-corrected chi connectivity index (χ2v) is 5.87. The molecule has 1 aliphatic rings. The Morgan fingerprint density at radius 2 is 2.05 bits per heavy atom. The number of ether oxygens (including phenoxy) is 2. The summed E-state index contributed by atoms with van der Waals surface area (Å²) in [5.74, 6) is 0.368. The van der Waals surface area contributed by atoms with Crippen molar-refractivity contribution in [3.8, 4) is 5.75 Å². The van der Waals surface area contributed by atoms with Gasteiger partial charge in [-0.25, -0.2) is 4.79 Å². The predicted molar refractivity (Wildman–Crippen MR) is 78.5 cm³/mol. The highest BCUT2D eigenvalue weighted by Crippen LogP contribution is 2.29. The number of hydrogen-bond acceptors (Lipinski definition) is 4. The first-order valence-corrected chi connectivity index (χ1v) is 6.77. The van der Waals surface area contributed by atoms with Crippen molar-refractivity contribution < 1.29 is 19.1 Å². The molecule has 2 amide bonds. The lowest BCUT2D eigenvalue weighted by atomic mass is 10.2. The van der Waals surface area contributed by atoms with Crippen LogP contribution in [0.2, 0.25) is 0 Å². The molecular formula is C15H20N2O4. The Kier molecular flexibility index (Phi) is 4.06. The largest absolute Gasteiger partial charge is 0.489 e. The first-order valence-electron chi connectivity index (χ1n) is 6.77. The van der Waals surface area contributed by atoms with Crippen LogP contribution in [0.4, 0.5) is 10.5 Å². The van der Waals surface area contributed by atoms with E-state index in [1.54, 1.807) is 40.0 Å². The number of fused-ring (bicyclic) bond motifs is 1. The summed E-state index contributed by atoms with van der Waals surface area (Å²) < 4.78 is 10.8. The summed E-state index contributed by atoms with van der Waals surface area (Å²) in [6, 6.07) is 6.46. The Labute approximate surface area is 124 Å². The number of alkyl carbamates (subject to hydrolysis) is 1. The molecule has 1 atom stereocenters. The van der Waals surface area contributed by atoms with Gasteiger partial charge in [0.2, 0.25) is 0 Å². The van der Waals surface area contributed by atoms with E-state index in [1.807, 2.05) is 12.1 Å². The van der Waals surface area contributed by atoms with Crippen LogP contribution in [0.3, 0.4) is 0 Å². The van der Waals surface area contributed by atoms with Crippen molar-refractivity contribution in [1.29, 1.82) is 0 Å². The fraction of sp³-hybridized carbons (Fsp3) is 0.467. The Bertz CT molecular complexity index is 551. The maximum absolute atomic E-state index is 12.4. The number of benzene rings is 1. The SMILES string of the molecule is CN1C(=O)C(NC(=O)OC(C)(C)C)COc2ccccc21. The van der Waals surface area contributed by atoms with Gasteiger partial charge in [0, 0.05) is 7.05 Å². The number of para-hydroxylation sites is 2. The number of carbonyl (C=O) groups excluding carboxylic acids is 2. The molecule has 0 saturated heterocycles. The quantitative estimate of drug-likeness (QED) is 0.859. The second kappa shape index (κ2) is 5.63. The molecule has 1 aromatic carbocycles. The summed E-state index contributed by atoms with van der Waals surface area (Å²) in [4.78, 5) is 25.7.